The predicted octanol–water partition coefficient (Wildman–Crippen LogP) is 3.03. The Balaban J connectivity index is 2.96. The van der Waals surface area contributed by atoms with Gasteiger partial charge in [0, 0.05) is 28.8 Å². The van der Waals surface area contributed by atoms with E-state index in [1.165, 1.54) is 0 Å². The van der Waals surface area contributed by atoms with E-state index in [0.29, 0.717) is 23.2 Å². The van der Waals surface area contributed by atoms with Crippen LogP contribution >= 0.6 is 23.2 Å². The van der Waals surface area contributed by atoms with Crippen LogP contribution in [0, 0.1) is 0 Å². The predicted molar refractivity (Wildman–Crippen MR) is 59.9 cm³/mol. The largest absolute Gasteiger partial charge is 0.372 e. The summed E-state index contributed by atoms with van der Waals surface area (Å²) in [6.45, 7) is 2.92. The number of hydrogen-bond acceptors (Lipinski definition) is 2. The van der Waals surface area contributed by atoms with E-state index in [2.05, 4.69) is 0 Å². The summed E-state index contributed by atoms with van der Waals surface area (Å²) in [5.74, 6) is 0. The summed E-state index contributed by atoms with van der Waals surface area (Å²) in [5, 5.41) is 1.28. The number of benzene rings is 1. The Morgan fingerprint density at radius 2 is 2.14 bits per heavy atom. The van der Waals surface area contributed by atoms with E-state index in [1.807, 2.05) is 6.92 Å². The Kier molecular flexibility index (Phi) is 4.69. The van der Waals surface area contributed by atoms with E-state index >= 15 is 0 Å². The highest BCUT2D eigenvalue weighted by atomic mass is 35.5. The van der Waals surface area contributed by atoms with Gasteiger partial charge in [-0.25, -0.2) is 0 Å². The van der Waals surface area contributed by atoms with Crippen molar-refractivity contribution < 1.29 is 4.74 Å². The number of ether oxygens (including phenoxy) is 1. The molecule has 0 saturated heterocycles. The van der Waals surface area contributed by atoms with Crippen LogP contribution in [-0.2, 0) is 4.74 Å². The summed E-state index contributed by atoms with van der Waals surface area (Å²) in [6.07, 6.45) is -0.175. The van der Waals surface area contributed by atoms with Crippen molar-refractivity contribution in [1.29, 1.82) is 0 Å². The van der Waals surface area contributed by atoms with Gasteiger partial charge >= 0.3 is 0 Å². The fraction of sp³-hybridized carbons (Fsp3) is 0.400. The molecule has 1 rings (SSSR count). The lowest BCUT2D eigenvalue weighted by atomic mass is 10.1. The lowest BCUT2D eigenvalue weighted by molar-refractivity contribution is 0.0689. The molecule has 1 aromatic rings. The van der Waals surface area contributed by atoms with Crippen molar-refractivity contribution in [1.82, 2.24) is 0 Å². The topological polar surface area (TPSA) is 35.2 Å². The van der Waals surface area contributed by atoms with Crippen LogP contribution < -0.4 is 5.73 Å². The summed E-state index contributed by atoms with van der Waals surface area (Å²) >= 11 is 11.9. The summed E-state index contributed by atoms with van der Waals surface area (Å²) in [5.41, 5.74) is 6.43. The van der Waals surface area contributed by atoms with Crippen LogP contribution in [0.15, 0.2) is 18.2 Å². The second-order valence-corrected chi connectivity index (χ2v) is 3.69. The van der Waals surface area contributed by atoms with Crippen molar-refractivity contribution in [3.8, 4) is 0 Å². The number of halogens is 2. The third kappa shape index (κ3) is 2.85. The fourth-order valence-electron chi connectivity index (χ4n) is 1.25. The molecular formula is C10H13Cl2NO. The lowest BCUT2D eigenvalue weighted by Crippen LogP contribution is -2.16. The average molecular weight is 234 g/mol. The molecule has 0 amide bonds. The van der Waals surface area contributed by atoms with Crippen molar-refractivity contribution >= 4 is 23.2 Å². The molecule has 0 fully saturated rings. The normalized spacial score (nSPS) is 12.9. The van der Waals surface area contributed by atoms with Gasteiger partial charge in [-0.3, -0.25) is 0 Å². The lowest BCUT2D eigenvalue weighted by Gasteiger charge is -2.16. The molecule has 0 spiro atoms. The molecule has 0 bridgehead atoms. The zero-order valence-electron chi connectivity index (χ0n) is 7.97. The molecular weight excluding hydrogens is 221 g/mol. The Morgan fingerprint density at radius 3 is 2.71 bits per heavy atom. The number of nitrogens with two attached hydrogens (primary N) is 1. The highest BCUT2D eigenvalue weighted by Gasteiger charge is 2.13. The van der Waals surface area contributed by atoms with E-state index in [1.54, 1.807) is 18.2 Å². The third-order valence-corrected chi connectivity index (χ3v) is 2.47. The van der Waals surface area contributed by atoms with Crippen LogP contribution in [0.5, 0.6) is 0 Å². The molecule has 78 valence electrons. The van der Waals surface area contributed by atoms with Gasteiger partial charge in [0.2, 0.25) is 0 Å². The van der Waals surface area contributed by atoms with Gasteiger partial charge in [-0.05, 0) is 25.1 Å². The van der Waals surface area contributed by atoms with Gasteiger partial charge in [0.15, 0.2) is 0 Å². The monoisotopic (exact) mass is 233 g/mol. The SMILES string of the molecule is CCOC(CN)c1cc(Cl)ccc1Cl. The van der Waals surface area contributed by atoms with E-state index in [9.17, 15) is 0 Å². The van der Waals surface area contributed by atoms with Crippen LogP contribution in [0.25, 0.3) is 0 Å². The van der Waals surface area contributed by atoms with Gasteiger partial charge in [-0.15, -0.1) is 0 Å². The van der Waals surface area contributed by atoms with Crippen molar-refractivity contribution in [2.75, 3.05) is 13.2 Å². The molecule has 2 nitrogen and oxygen atoms in total. The third-order valence-electron chi connectivity index (χ3n) is 1.89. The average Bonchev–Trinajstić information content (AvgIpc) is 2.18. The first-order valence-electron chi connectivity index (χ1n) is 4.45. The molecule has 0 aromatic heterocycles. The minimum Gasteiger partial charge on any atom is -0.372 e. The van der Waals surface area contributed by atoms with E-state index < -0.39 is 0 Å². The quantitative estimate of drug-likeness (QED) is 0.868. The molecule has 0 radical (unpaired) electrons. The summed E-state index contributed by atoms with van der Waals surface area (Å²) in [4.78, 5) is 0. The Morgan fingerprint density at radius 1 is 1.43 bits per heavy atom. The zero-order chi connectivity index (χ0) is 10.6. The van der Waals surface area contributed by atoms with Crippen LogP contribution in [0.2, 0.25) is 10.0 Å². The summed E-state index contributed by atoms with van der Waals surface area (Å²) in [6, 6.07) is 5.28. The maximum Gasteiger partial charge on any atom is 0.0961 e. The fourth-order valence-corrected chi connectivity index (χ4v) is 1.67. The second-order valence-electron chi connectivity index (χ2n) is 2.85. The number of hydrogen-bond donors (Lipinski definition) is 1. The summed E-state index contributed by atoms with van der Waals surface area (Å²) in [7, 11) is 0. The molecule has 1 atom stereocenters. The van der Waals surface area contributed by atoms with Crippen molar-refractivity contribution in [3.63, 3.8) is 0 Å². The van der Waals surface area contributed by atoms with Gasteiger partial charge in [0.1, 0.15) is 0 Å². The Bertz CT molecular complexity index is 304. The van der Waals surface area contributed by atoms with Gasteiger partial charge < -0.3 is 10.5 Å². The summed E-state index contributed by atoms with van der Waals surface area (Å²) < 4.78 is 5.44. The van der Waals surface area contributed by atoms with Crippen molar-refractivity contribution in [2.24, 2.45) is 5.73 Å². The molecule has 1 aromatic carbocycles. The highest BCUT2D eigenvalue weighted by molar-refractivity contribution is 6.33. The molecule has 0 aliphatic heterocycles. The maximum atomic E-state index is 6.01. The molecule has 14 heavy (non-hydrogen) atoms. The maximum absolute atomic E-state index is 6.01. The highest BCUT2D eigenvalue weighted by Crippen LogP contribution is 2.27. The molecule has 1 unspecified atom stereocenters. The van der Waals surface area contributed by atoms with Crippen LogP contribution in [-0.4, -0.2) is 13.2 Å². The minimum absolute atomic E-state index is 0.175. The molecule has 2 N–H and O–H groups in total. The van der Waals surface area contributed by atoms with Gasteiger partial charge in [0.25, 0.3) is 0 Å². The van der Waals surface area contributed by atoms with Gasteiger partial charge in [-0.1, -0.05) is 23.2 Å². The van der Waals surface area contributed by atoms with E-state index in [0.717, 1.165) is 5.56 Å². The van der Waals surface area contributed by atoms with Crippen LogP contribution in [0.3, 0.4) is 0 Å². The molecule has 0 heterocycles. The molecule has 0 saturated carbocycles. The molecule has 0 aliphatic rings. The van der Waals surface area contributed by atoms with E-state index in [4.69, 9.17) is 33.7 Å². The molecule has 4 heteroatoms. The zero-order valence-corrected chi connectivity index (χ0v) is 9.48. The number of rotatable bonds is 4. The standard InChI is InChI=1S/C10H13Cl2NO/c1-2-14-10(6-13)8-5-7(11)3-4-9(8)12/h3-5,10H,2,6,13H2,1H3. The van der Waals surface area contributed by atoms with Gasteiger partial charge in [-0.2, -0.15) is 0 Å². The van der Waals surface area contributed by atoms with Crippen molar-refractivity contribution in [2.45, 2.75) is 13.0 Å². The van der Waals surface area contributed by atoms with Crippen LogP contribution in [0.1, 0.15) is 18.6 Å². The second kappa shape index (κ2) is 5.56. The van der Waals surface area contributed by atoms with Crippen LogP contribution in [0.4, 0.5) is 0 Å². The van der Waals surface area contributed by atoms with Crippen molar-refractivity contribution in [3.05, 3.63) is 33.8 Å². The first-order chi connectivity index (χ1) is 6.69. The molecule has 0 aliphatic carbocycles. The first-order valence-corrected chi connectivity index (χ1v) is 5.21. The Hall–Kier alpha value is -0.280. The van der Waals surface area contributed by atoms with Gasteiger partial charge in [0.05, 0.1) is 6.10 Å². The van der Waals surface area contributed by atoms with E-state index in [-0.39, 0.29) is 6.10 Å². The smallest absolute Gasteiger partial charge is 0.0961 e. The minimum atomic E-state index is -0.175. The Labute approximate surface area is 94.0 Å². The first kappa shape index (κ1) is 11.8.